The minimum absolute atomic E-state index is 0.0727. The second-order valence-corrected chi connectivity index (χ2v) is 7.08. The summed E-state index contributed by atoms with van der Waals surface area (Å²) in [5, 5.41) is 9.17. The first-order chi connectivity index (χ1) is 13.1. The monoisotopic (exact) mass is 383 g/mol. The zero-order valence-corrected chi connectivity index (χ0v) is 16.1. The maximum absolute atomic E-state index is 13.1. The molecule has 1 heterocycles. The number of anilines is 1. The average Bonchev–Trinajstić information content (AvgIpc) is 2.96. The van der Waals surface area contributed by atoms with Gasteiger partial charge in [-0.3, -0.25) is 9.59 Å². The zero-order chi connectivity index (χ0) is 19.4. The Balaban J connectivity index is 2.01. The number of benzene rings is 2. The van der Waals surface area contributed by atoms with Crippen molar-refractivity contribution in [1.82, 2.24) is 0 Å². The number of amides is 2. The maximum Gasteiger partial charge on any atom is 0.272 e. The Hall–Kier alpha value is -2.57. The van der Waals surface area contributed by atoms with Gasteiger partial charge >= 0.3 is 0 Å². The van der Waals surface area contributed by atoms with E-state index in [-0.39, 0.29) is 18.4 Å². The number of nitrogens with zero attached hydrogens (tertiary/aromatic N) is 1. The van der Waals surface area contributed by atoms with Gasteiger partial charge in [0, 0.05) is 5.75 Å². The lowest BCUT2D eigenvalue weighted by atomic mass is 10.1. The van der Waals surface area contributed by atoms with Crippen LogP contribution in [0.4, 0.5) is 5.69 Å². The molecule has 2 aromatic carbocycles. The van der Waals surface area contributed by atoms with Gasteiger partial charge < -0.3 is 9.84 Å². The molecule has 0 saturated carbocycles. The third-order valence-electron chi connectivity index (χ3n) is 4.36. The number of aliphatic hydroxyl groups is 1. The summed E-state index contributed by atoms with van der Waals surface area (Å²) in [6.45, 7) is 1.98. The molecule has 140 valence electrons. The van der Waals surface area contributed by atoms with Crippen LogP contribution in [0.2, 0.25) is 0 Å². The zero-order valence-electron chi connectivity index (χ0n) is 15.3. The molecular weight excluding hydrogens is 362 g/mol. The number of ether oxygens (including phenoxy) is 1. The average molecular weight is 383 g/mol. The fraction of sp³-hybridized carbons (Fsp3) is 0.238. The predicted molar refractivity (Wildman–Crippen MR) is 108 cm³/mol. The number of hydrogen-bond acceptors (Lipinski definition) is 5. The van der Waals surface area contributed by atoms with Crippen LogP contribution >= 0.6 is 11.8 Å². The molecule has 0 unspecified atom stereocenters. The molecule has 27 heavy (non-hydrogen) atoms. The molecular formula is C21H21NO4S. The standard InChI is InChI=1S/C21H21NO4S/c1-3-14-4-8-16(9-5-14)22-20(24)18(19(21(22)25)27-13-12-23)15-6-10-17(26-2)11-7-15/h4-11,23H,3,12-13H2,1-2H3. The van der Waals surface area contributed by atoms with E-state index in [4.69, 9.17) is 4.74 Å². The molecule has 0 aromatic heterocycles. The second-order valence-electron chi connectivity index (χ2n) is 5.97. The molecule has 2 amide bonds. The van der Waals surface area contributed by atoms with E-state index in [1.165, 1.54) is 16.7 Å². The third-order valence-corrected chi connectivity index (χ3v) is 5.41. The summed E-state index contributed by atoms with van der Waals surface area (Å²) in [6.07, 6.45) is 0.884. The Morgan fingerprint density at radius 3 is 2.22 bits per heavy atom. The van der Waals surface area contributed by atoms with Gasteiger partial charge in [0.25, 0.3) is 11.8 Å². The van der Waals surface area contributed by atoms with Crippen molar-refractivity contribution in [2.75, 3.05) is 24.4 Å². The molecule has 1 N–H and O–H groups in total. The van der Waals surface area contributed by atoms with Crippen LogP contribution < -0.4 is 9.64 Å². The fourth-order valence-corrected chi connectivity index (χ4v) is 3.78. The molecule has 0 fully saturated rings. The number of hydrogen-bond donors (Lipinski definition) is 1. The van der Waals surface area contributed by atoms with Crippen molar-refractivity contribution in [2.45, 2.75) is 13.3 Å². The Kier molecular flexibility index (Phi) is 5.98. The van der Waals surface area contributed by atoms with E-state index < -0.39 is 0 Å². The number of aliphatic hydroxyl groups excluding tert-OH is 1. The highest BCUT2D eigenvalue weighted by atomic mass is 32.2. The molecule has 0 saturated heterocycles. The summed E-state index contributed by atoms with van der Waals surface area (Å²) >= 11 is 1.20. The fourth-order valence-electron chi connectivity index (χ4n) is 2.92. The normalized spacial score (nSPS) is 14.3. The van der Waals surface area contributed by atoms with Crippen molar-refractivity contribution in [1.29, 1.82) is 0 Å². The molecule has 0 radical (unpaired) electrons. The van der Waals surface area contributed by atoms with Gasteiger partial charge in [0.2, 0.25) is 0 Å². The van der Waals surface area contributed by atoms with E-state index in [1.807, 2.05) is 19.1 Å². The Bertz CT molecular complexity index is 872. The van der Waals surface area contributed by atoms with E-state index in [2.05, 4.69) is 0 Å². The first-order valence-electron chi connectivity index (χ1n) is 8.70. The summed E-state index contributed by atoms with van der Waals surface area (Å²) in [4.78, 5) is 27.7. The number of carbonyl (C=O) groups excluding carboxylic acids is 2. The van der Waals surface area contributed by atoms with Crippen LogP contribution in [-0.4, -0.2) is 36.4 Å². The lowest BCUT2D eigenvalue weighted by Crippen LogP contribution is -2.31. The van der Waals surface area contributed by atoms with Gasteiger partial charge in [-0.05, 0) is 41.8 Å². The van der Waals surface area contributed by atoms with Gasteiger partial charge in [0.1, 0.15) is 5.75 Å². The first-order valence-corrected chi connectivity index (χ1v) is 9.69. The van der Waals surface area contributed by atoms with Crippen molar-refractivity contribution in [3.8, 4) is 5.75 Å². The lowest BCUT2D eigenvalue weighted by molar-refractivity contribution is -0.119. The summed E-state index contributed by atoms with van der Waals surface area (Å²) < 4.78 is 5.17. The smallest absolute Gasteiger partial charge is 0.272 e. The van der Waals surface area contributed by atoms with E-state index in [0.29, 0.717) is 33.2 Å². The molecule has 0 bridgehead atoms. The van der Waals surface area contributed by atoms with Crippen molar-refractivity contribution in [3.63, 3.8) is 0 Å². The van der Waals surface area contributed by atoms with E-state index in [1.54, 1.807) is 43.5 Å². The summed E-state index contributed by atoms with van der Waals surface area (Å²) in [5.41, 5.74) is 2.70. The second kappa shape index (κ2) is 8.41. The quantitative estimate of drug-likeness (QED) is 0.744. The minimum atomic E-state index is -0.353. The van der Waals surface area contributed by atoms with Gasteiger partial charge in [0.05, 0.1) is 29.9 Å². The van der Waals surface area contributed by atoms with Crippen LogP contribution in [0, 0.1) is 0 Å². The van der Waals surface area contributed by atoms with Crippen molar-refractivity contribution in [3.05, 3.63) is 64.6 Å². The minimum Gasteiger partial charge on any atom is -0.497 e. The Morgan fingerprint density at radius 1 is 1.00 bits per heavy atom. The van der Waals surface area contributed by atoms with Crippen LogP contribution in [0.3, 0.4) is 0 Å². The van der Waals surface area contributed by atoms with E-state index in [0.717, 1.165) is 12.0 Å². The Morgan fingerprint density at radius 2 is 1.67 bits per heavy atom. The van der Waals surface area contributed by atoms with Gasteiger partial charge in [-0.25, -0.2) is 4.90 Å². The molecule has 3 rings (SSSR count). The molecule has 1 aliphatic rings. The number of thioether (sulfide) groups is 1. The molecule has 0 atom stereocenters. The highest BCUT2D eigenvalue weighted by molar-refractivity contribution is 8.04. The van der Waals surface area contributed by atoms with E-state index >= 15 is 0 Å². The van der Waals surface area contributed by atoms with Crippen LogP contribution in [0.1, 0.15) is 18.1 Å². The predicted octanol–water partition coefficient (Wildman–Crippen LogP) is 3.27. The third kappa shape index (κ3) is 3.77. The first kappa shape index (κ1) is 19.2. The van der Waals surface area contributed by atoms with Gasteiger partial charge in [0.15, 0.2) is 0 Å². The van der Waals surface area contributed by atoms with Gasteiger partial charge in [-0.1, -0.05) is 31.2 Å². The summed E-state index contributed by atoms with van der Waals surface area (Å²) in [5.74, 6) is 0.312. The lowest BCUT2D eigenvalue weighted by Gasteiger charge is -2.15. The van der Waals surface area contributed by atoms with Crippen LogP contribution in [-0.2, 0) is 16.0 Å². The van der Waals surface area contributed by atoms with Gasteiger partial charge in [-0.15, -0.1) is 11.8 Å². The highest BCUT2D eigenvalue weighted by Gasteiger charge is 2.40. The summed E-state index contributed by atoms with van der Waals surface area (Å²) in [7, 11) is 1.57. The van der Waals surface area contributed by atoms with Crippen molar-refractivity contribution < 1.29 is 19.4 Å². The highest BCUT2D eigenvalue weighted by Crippen LogP contribution is 2.38. The molecule has 0 aliphatic carbocycles. The van der Waals surface area contributed by atoms with Crippen LogP contribution in [0.15, 0.2) is 53.4 Å². The van der Waals surface area contributed by atoms with Crippen LogP contribution in [0.5, 0.6) is 5.75 Å². The van der Waals surface area contributed by atoms with E-state index in [9.17, 15) is 14.7 Å². The van der Waals surface area contributed by atoms with Crippen molar-refractivity contribution in [2.24, 2.45) is 0 Å². The molecule has 6 heteroatoms. The molecule has 0 spiro atoms. The number of rotatable bonds is 7. The van der Waals surface area contributed by atoms with Crippen LogP contribution in [0.25, 0.3) is 5.57 Å². The number of carbonyl (C=O) groups is 2. The largest absolute Gasteiger partial charge is 0.497 e. The molecule has 1 aliphatic heterocycles. The topological polar surface area (TPSA) is 66.8 Å². The van der Waals surface area contributed by atoms with Crippen molar-refractivity contribution >= 4 is 34.8 Å². The number of aryl methyl sites for hydroxylation is 1. The Labute approximate surface area is 162 Å². The number of imide groups is 1. The number of methoxy groups -OCH3 is 1. The molecule has 5 nitrogen and oxygen atoms in total. The SMILES string of the molecule is CCc1ccc(N2C(=O)C(SCCO)=C(c3ccc(OC)cc3)C2=O)cc1. The van der Waals surface area contributed by atoms with Gasteiger partial charge in [-0.2, -0.15) is 0 Å². The summed E-state index contributed by atoms with van der Waals surface area (Å²) in [6, 6.07) is 14.5. The maximum atomic E-state index is 13.1. The molecule has 2 aromatic rings.